The van der Waals surface area contributed by atoms with Gasteiger partial charge in [0.15, 0.2) is 6.04 Å². The lowest BCUT2D eigenvalue weighted by Crippen LogP contribution is -2.45. The van der Waals surface area contributed by atoms with Crippen molar-refractivity contribution in [3.05, 3.63) is 114 Å². The molecule has 0 radical (unpaired) electrons. The molecule has 1 unspecified atom stereocenters. The molecule has 1 aliphatic rings. The van der Waals surface area contributed by atoms with Crippen molar-refractivity contribution in [2.24, 2.45) is 7.05 Å². The van der Waals surface area contributed by atoms with Gasteiger partial charge in [-0.2, -0.15) is 5.10 Å². The van der Waals surface area contributed by atoms with E-state index in [2.05, 4.69) is 22.5 Å². The zero-order chi connectivity index (χ0) is 27.4. The van der Waals surface area contributed by atoms with Crippen LogP contribution < -0.4 is 5.32 Å². The Kier molecular flexibility index (Phi) is 7.40. The third-order valence-electron chi connectivity index (χ3n) is 6.86. The molecule has 39 heavy (non-hydrogen) atoms. The van der Waals surface area contributed by atoms with Crippen LogP contribution >= 0.6 is 0 Å². The van der Waals surface area contributed by atoms with Crippen molar-refractivity contribution >= 4 is 18.0 Å². The number of alkyl carbamates (subject to hydrolysis) is 1. The monoisotopic (exact) mass is 524 g/mol. The van der Waals surface area contributed by atoms with E-state index in [0.29, 0.717) is 5.69 Å². The van der Waals surface area contributed by atoms with Crippen LogP contribution in [0.2, 0.25) is 0 Å². The Labute approximate surface area is 225 Å². The number of aliphatic carboxylic acids is 1. The summed E-state index contributed by atoms with van der Waals surface area (Å²) >= 11 is 0. The molecule has 1 heterocycles. The lowest BCUT2D eigenvalue weighted by molar-refractivity contribution is -0.146. The van der Waals surface area contributed by atoms with Crippen LogP contribution in [0, 0.1) is 0 Å². The van der Waals surface area contributed by atoms with Crippen LogP contribution in [0.25, 0.3) is 11.1 Å². The van der Waals surface area contributed by atoms with Crippen LogP contribution in [-0.2, 0) is 27.9 Å². The molecule has 0 saturated carbocycles. The summed E-state index contributed by atoms with van der Waals surface area (Å²) in [4.78, 5) is 39.6. The minimum absolute atomic E-state index is 0.0622. The van der Waals surface area contributed by atoms with Gasteiger partial charge in [0.1, 0.15) is 13.2 Å². The van der Waals surface area contributed by atoms with E-state index in [4.69, 9.17) is 4.74 Å². The van der Waals surface area contributed by atoms with Crippen LogP contribution in [-0.4, -0.2) is 50.9 Å². The molecule has 0 saturated heterocycles. The fraction of sp³-hybridized carbons (Fsp3) is 0.200. The van der Waals surface area contributed by atoms with Crippen LogP contribution in [0.1, 0.15) is 34.3 Å². The Morgan fingerprint density at radius 1 is 0.949 bits per heavy atom. The molecule has 1 aliphatic carbocycles. The summed E-state index contributed by atoms with van der Waals surface area (Å²) < 4.78 is 7.14. The van der Waals surface area contributed by atoms with E-state index in [1.807, 2.05) is 54.6 Å². The number of ether oxygens (including phenoxy) is 1. The van der Waals surface area contributed by atoms with Crippen molar-refractivity contribution in [3.63, 3.8) is 0 Å². The summed E-state index contributed by atoms with van der Waals surface area (Å²) in [5.41, 5.74) is 5.52. The fourth-order valence-electron chi connectivity index (χ4n) is 5.05. The highest BCUT2D eigenvalue weighted by molar-refractivity contribution is 5.89. The predicted octanol–water partition coefficient (Wildman–Crippen LogP) is 4.11. The minimum Gasteiger partial charge on any atom is -0.480 e. The number of hydrogen-bond donors (Lipinski definition) is 2. The molecule has 4 aromatic rings. The Hall–Kier alpha value is -4.92. The lowest BCUT2D eigenvalue weighted by atomic mass is 9.98. The second kappa shape index (κ2) is 11.2. The first-order valence-corrected chi connectivity index (χ1v) is 12.6. The SMILES string of the molecule is Cn1nccc1C(NC(=O)OCC1c2ccccc2-c2ccccc21)C(=O)N(CC(=O)O)Cc1ccccc1. The minimum atomic E-state index is -1.20. The lowest BCUT2D eigenvalue weighted by Gasteiger charge is -2.27. The molecule has 3 aromatic carbocycles. The Bertz CT molecular complexity index is 1450. The zero-order valence-corrected chi connectivity index (χ0v) is 21.4. The quantitative estimate of drug-likeness (QED) is 0.341. The number of fused-ring (bicyclic) bond motifs is 3. The van der Waals surface area contributed by atoms with Crippen molar-refractivity contribution in [2.45, 2.75) is 18.5 Å². The van der Waals surface area contributed by atoms with Gasteiger partial charge in [0, 0.05) is 25.7 Å². The molecule has 5 rings (SSSR count). The molecule has 198 valence electrons. The van der Waals surface area contributed by atoms with Gasteiger partial charge >= 0.3 is 12.1 Å². The van der Waals surface area contributed by atoms with Gasteiger partial charge in [-0.1, -0.05) is 78.9 Å². The van der Waals surface area contributed by atoms with E-state index in [1.165, 1.54) is 15.8 Å². The summed E-state index contributed by atoms with van der Waals surface area (Å²) in [6, 6.07) is 25.5. The summed E-state index contributed by atoms with van der Waals surface area (Å²) in [5, 5.41) is 16.3. The number of hydrogen-bond acceptors (Lipinski definition) is 5. The molecule has 9 nitrogen and oxygen atoms in total. The molecule has 0 aliphatic heterocycles. The normalized spacial score (nSPS) is 12.7. The van der Waals surface area contributed by atoms with Gasteiger partial charge in [0.2, 0.25) is 0 Å². The summed E-state index contributed by atoms with van der Waals surface area (Å²) in [5.74, 6) is -1.89. The number of aromatic nitrogens is 2. The van der Waals surface area contributed by atoms with Crippen molar-refractivity contribution in [1.29, 1.82) is 0 Å². The van der Waals surface area contributed by atoms with Crippen LogP contribution in [0.3, 0.4) is 0 Å². The topological polar surface area (TPSA) is 114 Å². The van der Waals surface area contributed by atoms with E-state index >= 15 is 0 Å². The summed E-state index contributed by atoms with van der Waals surface area (Å²) in [7, 11) is 1.65. The number of carbonyl (C=O) groups is 3. The van der Waals surface area contributed by atoms with Crippen LogP contribution in [0.4, 0.5) is 4.79 Å². The second-order valence-electron chi connectivity index (χ2n) is 9.36. The van der Waals surface area contributed by atoms with Gasteiger partial charge in [-0.25, -0.2) is 4.79 Å². The van der Waals surface area contributed by atoms with Crippen LogP contribution in [0.5, 0.6) is 0 Å². The average Bonchev–Trinajstić information content (AvgIpc) is 3.51. The number of carboxylic acids is 1. The maximum Gasteiger partial charge on any atom is 0.408 e. The van der Waals surface area contributed by atoms with E-state index in [1.54, 1.807) is 25.2 Å². The average molecular weight is 525 g/mol. The van der Waals surface area contributed by atoms with E-state index in [-0.39, 0.29) is 19.1 Å². The third-order valence-corrected chi connectivity index (χ3v) is 6.86. The number of benzene rings is 3. The second-order valence-corrected chi connectivity index (χ2v) is 9.36. The highest BCUT2D eigenvalue weighted by atomic mass is 16.5. The summed E-state index contributed by atoms with van der Waals surface area (Å²) in [6.45, 7) is -0.393. The first-order chi connectivity index (χ1) is 18.9. The summed E-state index contributed by atoms with van der Waals surface area (Å²) in [6.07, 6.45) is 0.722. The molecular weight excluding hydrogens is 496 g/mol. The third kappa shape index (κ3) is 5.52. The molecule has 1 aromatic heterocycles. The largest absolute Gasteiger partial charge is 0.480 e. The van der Waals surface area contributed by atoms with Gasteiger partial charge < -0.3 is 20.1 Å². The zero-order valence-electron chi connectivity index (χ0n) is 21.4. The number of carbonyl (C=O) groups excluding carboxylic acids is 2. The van der Waals surface area contributed by atoms with Gasteiger partial charge in [-0.05, 0) is 33.9 Å². The molecular formula is C30H28N4O5. The molecule has 0 fully saturated rings. The van der Waals surface area contributed by atoms with Gasteiger partial charge in [0.25, 0.3) is 5.91 Å². The molecule has 0 spiro atoms. The van der Waals surface area contributed by atoms with Gasteiger partial charge in [0.05, 0.1) is 5.69 Å². The maximum atomic E-state index is 13.7. The number of nitrogens with one attached hydrogen (secondary N) is 1. The highest BCUT2D eigenvalue weighted by Gasteiger charge is 2.33. The van der Waals surface area contributed by atoms with Crippen molar-refractivity contribution in [2.75, 3.05) is 13.2 Å². The number of carboxylic acid groups (broad SMARTS) is 1. The molecule has 9 heteroatoms. The first kappa shape index (κ1) is 25.7. The highest BCUT2D eigenvalue weighted by Crippen LogP contribution is 2.44. The molecule has 1 atom stereocenters. The predicted molar refractivity (Wildman–Crippen MR) is 144 cm³/mol. The van der Waals surface area contributed by atoms with E-state index in [0.717, 1.165) is 27.8 Å². The number of aryl methyl sites for hydroxylation is 1. The number of amides is 2. The molecule has 2 N–H and O–H groups in total. The maximum absolute atomic E-state index is 13.7. The van der Waals surface area contributed by atoms with E-state index in [9.17, 15) is 19.5 Å². The Morgan fingerprint density at radius 2 is 1.56 bits per heavy atom. The van der Waals surface area contributed by atoms with Gasteiger partial charge in [-0.3, -0.25) is 14.3 Å². The number of rotatable bonds is 9. The van der Waals surface area contributed by atoms with E-state index < -0.39 is 30.6 Å². The standard InChI is InChI=1S/C30H28N4O5/c1-33-26(15-16-31-33)28(29(37)34(18-27(35)36)17-20-9-3-2-4-10-20)32-30(38)39-19-25-23-13-7-5-11-21(23)22-12-6-8-14-24(22)25/h2-16,25,28H,17-19H2,1H3,(H,32,38)(H,35,36). The van der Waals surface area contributed by atoms with Crippen LogP contribution in [0.15, 0.2) is 91.1 Å². The molecule has 2 amide bonds. The number of nitrogens with zero attached hydrogens (tertiary/aromatic N) is 3. The van der Waals surface area contributed by atoms with Gasteiger partial charge in [-0.15, -0.1) is 0 Å². The van der Waals surface area contributed by atoms with Crippen molar-refractivity contribution in [1.82, 2.24) is 20.0 Å². The fourth-order valence-corrected chi connectivity index (χ4v) is 5.05. The first-order valence-electron chi connectivity index (χ1n) is 12.6. The molecule has 0 bridgehead atoms. The van der Waals surface area contributed by atoms with Crippen molar-refractivity contribution in [3.8, 4) is 11.1 Å². The smallest absolute Gasteiger partial charge is 0.408 e. The Morgan fingerprint density at radius 3 is 2.15 bits per heavy atom. The Balaban J connectivity index is 1.35. The van der Waals surface area contributed by atoms with Crippen molar-refractivity contribution < 1.29 is 24.2 Å².